The van der Waals surface area contributed by atoms with Gasteiger partial charge in [0, 0.05) is 23.6 Å². The molecule has 2 aromatic carbocycles. The van der Waals surface area contributed by atoms with Crippen LogP contribution in [0.2, 0.25) is 5.02 Å². The Balaban J connectivity index is 1.71. The number of thioether (sulfide) groups is 1. The van der Waals surface area contributed by atoms with Crippen molar-refractivity contribution in [1.82, 2.24) is 14.8 Å². The summed E-state index contributed by atoms with van der Waals surface area (Å²) >= 11 is 7.31. The third kappa shape index (κ3) is 4.74. The van der Waals surface area contributed by atoms with Gasteiger partial charge in [-0.05, 0) is 36.2 Å². The molecule has 3 rings (SSSR count). The van der Waals surface area contributed by atoms with E-state index >= 15 is 0 Å². The normalized spacial score (nSPS) is 10.8. The number of halogens is 1. The number of aromatic nitrogens is 3. The molecule has 3 aromatic rings. The topological polar surface area (TPSA) is 47.8 Å². The van der Waals surface area contributed by atoms with Crippen molar-refractivity contribution < 1.29 is 4.79 Å². The SMILES string of the molecule is CCCn1c(Cc2ccccc2)nnc1SCC(=O)c1ccc(Cl)cc1. The number of Topliss-reactive ketones (excluding diaryl/α,β-unsaturated/α-hetero) is 1. The van der Waals surface area contributed by atoms with Crippen LogP contribution in [0.1, 0.15) is 35.1 Å². The van der Waals surface area contributed by atoms with Gasteiger partial charge in [-0.1, -0.05) is 60.6 Å². The van der Waals surface area contributed by atoms with Crippen LogP contribution < -0.4 is 0 Å². The smallest absolute Gasteiger partial charge is 0.191 e. The number of carbonyl (C=O) groups is 1. The Morgan fingerprint density at radius 3 is 2.50 bits per heavy atom. The molecule has 26 heavy (non-hydrogen) atoms. The minimum atomic E-state index is 0.0577. The van der Waals surface area contributed by atoms with Crippen LogP contribution in [0, 0.1) is 0 Å². The van der Waals surface area contributed by atoms with Crippen molar-refractivity contribution in [2.24, 2.45) is 0 Å². The van der Waals surface area contributed by atoms with E-state index in [9.17, 15) is 4.79 Å². The summed E-state index contributed by atoms with van der Waals surface area (Å²) in [5, 5.41) is 10.1. The molecule has 0 saturated carbocycles. The molecule has 0 aliphatic heterocycles. The molecule has 0 fully saturated rings. The first-order valence-corrected chi connectivity index (χ1v) is 9.91. The van der Waals surface area contributed by atoms with E-state index in [0.717, 1.165) is 30.4 Å². The zero-order valence-electron chi connectivity index (χ0n) is 14.6. The molecule has 0 aliphatic rings. The fourth-order valence-corrected chi connectivity index (χ4v) is 3.64. The molecule has 0 aliphatic carbocycles. The molecule has 1 aromatic heterocycles. The summed E-state index contributed by atoms with van der Waals surface area (Å²) in [5.41, 5.74) is 1.86. The van der Waals surface area contributed by atoms with Gasteiger partial charge in [-0.3, -0.25) is 4.79 Å². The van der Waals surface area contributed by atoms with Crippen LogP contribution in [0.4, 0.5) is 0 Å². The molecular weight excluding hydrogens is 366 g/mol. The molecular formula is C20H20ClN3OS. The van der Waals surface area contributed by atoms with Crippen molar-refractivity contribution >= 4 is 29.1 Å². The molecule has 0 radical (unpaired) electrons. The number of rotatable bonds is 8. The minimum absolute atomic E-state index is 0.0577. The molecule has 134 valence electrons. The van der Waals surface area contributed by atoms with Crippen LogP contribution in [-0.2, 0) is 13.0 Å². The third-order valence-corrected chi connectivity index (χ3v) is 5.16. The van der Waals surface area contributed by atoms with Gasteiger partial charge in [-0.15, -0.1) is 10.2 Å². The molecule has 0 saturated heterocycles. The van der Waals surface area contributed by atoms with E-state index < -0.39 is 0 Å². The molecule has 0 unspecified atom stereocenters. The second-order valence-corrected chi connectivity index (χ2v) is 7.31. The van der Waals surface area contributed by atoms with Gasteiger partial charge in [0.05, 0.1) is 5.75 Å². The van der Waals surface area contributed by atoms with Gasteiger partial charge in [0.1, 0.15) is 5.82 Å². The van der Waals surface area contributed by atoms with Crippen LogP contribution in [-0.4, -0.2) is 26.3 Å². The zero-order chi connectivity index (χ0) is 18.4. The highest BCUT2D eigenvalue weighted by Crippen LogP contribution is 2.21. The lowest BCUT2D eigenvalue weighted by molar-refractivity contribution is 0.102. The Morgan fingerprint density at radius 1 is 1.08 bits per heavy atom. The molecule has 6 heteroatoms. The first-order valence-electron chi connectivity index (χ1n) is 8.55. The summed E-state index contributed by atoms with van der Waals surface area (Å²) in [4.78, 5) is 12.4. The lowest BCUT2D eigenvalue weighted by Crippen LogP contribution is -2.08. The summed E-state index contributed by atoms with van der Waals surface area (Å²) in [7, 11) is 0. The lowest BCUT2D eigenvalue weighted by Gasteiger charge is -2.09. The predicted octanol–water partition coefficient (Wildman–Crippen LogP) is 4.91. The van der Waals surface area contributed by atoms with Crippen LogP contribution in [0.5, 0.6) is 0 Å². The summed E-state index contributed by atoms with van der Waals surface area (Å²) < 4.78 is 2.12. The Bertz CT molecular complexity index is 863. The maximum absolute atomic E-state index is 12.4. The van der Waals surface area contributed by atoms with E-state index in [2.05, 4.69) is 33.8 Å². The standard InChI is InChI=1S/C20H20ClN3OS/c1-2-12-24-19(13-15-6-4-3-5-7-15)22-23-20(24)26-14-18(25)16-8-10-17(21)11-9-16/h3-11H,2,12-14H2,1H3. The van der Waals surface area contributed by atoms with Crippen molar-refractivity contribution in [3.8, 4) is 0 Å². The number of hydrogen-bond donors (Lipinski definition) is 0. The van der Waals surface area contributed by atoms with Gasteiger partial charge in [0.2, 0.25) is 0 Å². The first kappa shape index (κ1) is 18.7. The van der Waals surface area contributed by atoms with E-state index in [-0.39, 0.29) is 5.78 Å². The third-order valence-electron chi connectivity index (χ3n) is 3.94. The number of ketones is 1. The van der Waals surface area contributed by atoms with Gasteiger partial charge in [0.25, 0.3) is 0 Å². The number of benzene rings is 2. The van der Waals surface area contributed by atoms with Gasteiger partial charge in [0.15, 0.2) is 10.9 Å². The van der Waals surface area contributed by atoms with Crippen LogP contribution in [0.15, 0.2) is 59.8 Å². The second-order valence-electron chi connectivity index (χ2n) is 5.93. The van der Waals surface area contributed by atoms with Crippen molar-refractivity contribution in [3.05, 3.63) is 76.6 Å². The van der Waals surface area contributed by atoms with E-state index in [1.807, 2.05) is 18.2 Å². The Kier molecular flexibility index (Phi) is 6.47. The Hall–Kier alpha value is -2.11. The largest absolute Gasteiger partial charge is 0.306 e. The molecule has 0 bridgehead atoms. The zero-order valence-corrected chi connectivity index (χ0v) is 16.1. The highest BCUT2D eigenvalue weighted by atomic mass is 35.5. The summed E-state index contributed by atoms with van der Waals surface area (Å²) in [6, 6.07) is 17.2. The monoisotopic (exact) mass is 385 g/mol. The Labute approximate surface area is 162 Å². The fraction of sp³-hybridized carbons (Fsp3) is 0.250. The lowest BCUT2D eigenvalue weighted by atomic mass is 10.1. The van der Waals surface area contributed by atoms with E-state index in [1.165, 1.54) is 17.3 Å². The van der Waals surface area contributed by atoms with Crippen LogP contribution in [0.3, 0.4) is 0 Å². The van der Waals surface area contributed by atoms with Gasteiger partial charge >= 0.3 is 0 Å². The number of nitrogens with zero attached hydrogens (tertiary/aromatic N) is 3. The summed E-state index contributed by atoms with van der Waals surface area (Å²) in [6.07, 6.45) is 1.72. The van der Waals surface area contributed by atoms with Crippen molar-refractivity contribution in [1.29, 1.82) is 0 Å². The average molecular weight is 386 g/mol. The quantitative estimate of drug-likeness (QED) is 0.408. The van der Waals surface area contributed by atoms with E-state index in [1.54, 1.807) is 24.3 Å². The van der Waals surface area contributed by atoms with Crippen molar-refractivity contribution in [3.63, 3.8) is 0 Å². The van der Waals surface area contributed by atoms with Crippen molar-refractivity contribution in [2.75, 3.05) is 5.75 Å². The van der Waals surface area contributed by atoms with Gasteiger partial charge in [-0.2, -0.15) is 0 Å². The molecule has 0 amide bonds. The van der Waals surface area contributed by atoms with Crippen LogP contribution >= 0.6 is 23.4 Å². The summed E-state index contributed by atoms with van der Waals surface area (Å²) in [6.45, 7) is 2.96. The van der Waals surface area contributed by atoms with E-state index in [0.29, 0.717) is 16.3 Å². The molecule has 4 nitrogen and oxygen atoms in total. The highest BCUT2D eigenvalue weighted by molar-refractivity contribution is 7.99. The Morgan fingerprint density at radius 2 is 1.81 bits per heavy atom. The molecule has 0 atom stereocenters. The highest BCUT2D eigenvalue weighted by Gasteiger charge is 2.15. The van der Waals surface area contributed by atoms with Crippen molar-refractivity contribution in [2.45, 2.75) is 31.5 Å². The maximum Gasteiger partial charge on any atom is 0.191 e. The van der Waals surface area contributed by atoms with E-state index in [4.69, 9.17) is 11.6 Å². The molecule has 0 spiro atoms. The van der Waals surface area contributed by atoms with Gasteiger partial charge < -0.3 is 4.57 Å². The number of hydrogen-bond acceptors (Lipinski definition) is 4. The number of carbonyl (C=O) groups excluding carboxylic acids is 1. The van der Waals surface area contributed by atoms with Crippen LogP contribution in [0.25, 0.3) is 0 Å². The second kappa shape index (κ2) is 9.01. The first-order chi connectivity index (χ1) is 12.7. The van der Waals surface area contributed by atoms with Gasteiger partial charge in [-0.25, -0.2) is 0 Å². The molecule has 1 heterocycles. The summed E-state index contributed by atoms with van der Waals surface area (Å²) in [5.74, 6) is 1.32. The average Bonchev–Trinajstić information content (AvgIpc) is 3.03. The maximum atomic E-state index is 12.4. The fourth-order valence-electron chi connectivity index (χ4n) is 2.63. The minimum Gasteiger partial charge on any atom is -0.306 e. The molecule has 0 N–H and O–H groups in total. The predicted molar refractivity (Wildman–Crippen MR) is 106 cm³/mol.